The zero-order valence-corrected chi connectivity index (χ0v) is 13.6. The van der Waals surface area contributed by atoms with Crippen molar-refractivity contribution < 1.29 is 0 Å². The Balaban J connectivity index is 1.67. The van der Waals surface area contributed by atoms with E-state index in [1.807, 2.05) is 35.8 Å². The molecule has 1 fully saturated rings. The van der Waals surface area contributed by atoms with Crippen LogP contribution in [-0.4, -0.2) is 32.3 Å². The van der Waals surface area contributed by atoms with Crippen molar-refractivity contribution in [3.8, 4) is 6.07 Å². The average Bonchev–Trinajstić information content (AvgIpc) is 2.81. The van der Waals surface area contributed by atoms with Crippen LogP contribution in [0.3, 0.4) is 0 Å². The van der Waals surface area contributed by atoms with Crippen molar-refractivity contribution in [1.29, 1.82) is 5.26 Å². The maximum Gasteiger partial charge on any atom is 0.345 e. The normalized spacial score (nSPS) is 16.4. The molecule has 1 aliphatic rings. The number of aromatic nitrogens is 3. The van der Waals surface area contributed by atoms with Crippen LogP contribution < -0.4 is 5.69 Å². The van der Waals surface area contributed by atoms with E-state index in [0.29, 0.717) is 0 Å². The molecular weight excluding hydrogens is 290 g/mol. The number of nitriles is 1. The van der Waals surface area contributed by atoms with Gasteiger partial charge in [0.25, 0.3) is 0 Å². The van der Waals surface area contributed by atoms with Crippen LogP contribution in [-0.2, 0) is 13.6 Å². The third-order valence-electron chi connectivity index (χ3n) is 4.58. The van der Waals surface area contributed by atoms with Crippen molar-refractivity contribution in [3.63, 3.8) is 0 Å². The first kappa shape index (κ1) is 15.5. The van der Waals surface area contributed by atoms with Gasteiger partial charge in [-0.25, -0.2) is 9.48 Å². The number of likely N-dealkylation sites (tertiary alicyclic amines) is 1. The van der Waals surface area contributed by atoms with E-state index < -0.39 is 0 Å². The molecule has 1 aromatic carbocycles. The molecule has 1 aliphatic heterocycles. The van der Waals surface area contributed by atoms with E-state index in [4.69, 9.17) is 0 Å². The highest BCUT2D eigenvalue weighted by atomic mass is 16.2. The van der Waals surface area contributed by atoms with Gasteiger partial charge in [0.2, 0.25) is 0 Å². The predicted octanol–water partition coefficient (Wildman–Crippen LogP) is 1.60. The Labute approximate surface area is 135 Å². The summed E-state index contributed by atoms with van der Waals surface area (Å²) in [6, 6.07) is 10.2. The third kappa shape index (κ3) is 3.06. The van der Waals surface area contributed by atoms with E-state index in [-0.39, 0.29) is 11.7 Å². The van der Waals surface area contributed by atoms with Crippen LogP contribution in [0.25, 0.3) is 0 Å². The van der Waals surface area contributed by atoms with E-state index >= 15 is 0 Å². The molecule has 120 valence electrons. The Hall–Kier alpha value is -2.39. The molecule has 0 unspecified atom stereocenters. The molecule has 0 radical (unpaired) electrons. The number of benzene rings is 1. The number of hydrogen-bond acceptors (Lipinski definition) is 4. The summed E-state index contributed by atoms with van der Waals surface area (Å²) in [5.74, 6) is 0.783. The van der Waals surface area contributed by atoms with Gasteiger partial charge in [0.15, 0.2) is 0 Å². The average molecular weight is 311 g/mol. The zero-order chi connectivity index (χ0) is 16.4. The molecule has 0 N–H and O–H groups in total. The van der Waals surface area contributed by atoms with E-state index in [2.05, 4.69) is 16.1 Å². The molecule has 6 nitrogen and oxygen atoms in total. The molecule has 0 saturated carbocycles. The molecule has 3 rings (SSSR count). The number of piperidine rings is 1. The summed E-state index contributed by atoms with van der Waals surface area (Å²) in [6.45, 7) is 4.52. The second kappa shape index (κ2) is 6.39. The van der Waals surface area contributed by atoms with E-state index in [1.165, 1.54) is 4.68 Å². The quantitative estimate of drug-likeness (QED) is 0.863. The van der Waals surface area contributed by atoms with E-state index in [9.17, 15) is 10.1 Å². The fraction of sp³-hybridized carbons (Fsp3) is 0.471. The van der Waals surface area contributed by atoms with Crippen LogP contribution >= 0.6 is 0 Å². The zero-order valence-electron chi connectivity index (χ0n) is 13.6. The van der Waals surface area contributed by atoms with Crippen molar-refractivity contribution in [1.82, 2.24) is 19.2 Å². The van der Waals surface area contributed by atoms with Gasteiger partial charge in [-0.05, 0) is 31.4 Å². The van der Waals surface area contributed by atoms with Crippen LogP contribution in [0.2, 0.25) is 0 Å². The minimum absolute atomic E-state index is 0.0317. The van der Waals surface area contributed by atoms with Gasteiger partial charge in [-0.1, -0.05) is 18.2 Å². The van der Waals surface area contributed by atoms with Crippen LogP contribution in [0.4, 0.5) is 0 Å². The number of rotatable bonds is 3. The maximum absolute atomic E-state index is 12.2. The van der Waals surface area contributed by atoms with Crippen LogP contribution in [0.5, 0.6) is 0 Å². The van der Waals surface area contributed by atoms with E-state index in [0.717, 1.165) is 49.4 Å². The lowest BCUT2D eigenvalue weighted by Gasteiger charge is -2.32. The second-order valence-corrected chi connectivity index (χ2v) is 6.10. The first-order valence-corrected chi connectivity index (χ1v) is 7.92. The van der Waals surface area contributed by atoms with Gasteiger partial charge in [-0.3, -0.25) is 9.47 Å². The van der Waals surface area contributed by atoms with Gasteiger partial charge in [0, 0.05) is 32.7 Å². The van der Waals surface area contributed by atoms with Gasteiger partial charge in [-0.15, -0.1) is 0 Å². The Kier molecular flexibility index (Phi) is 4.30. The lowest BCUT2D eigenvalue weighted by atomic mass is 10.0. The highest BCUT2D eigenvalue weighted by molar-refractivity contribution is 5.37. The van der Waals surface area contributed by atoms with Crippen molar-refractivity contribution >= 4 is 0 Å². The highest BCUT2D eigenvalue weighted by Gasteiger charge is 2.24. The standard InChI is InChI=1S/C17H21N5O/c1-13-19-20(2)17(23)22(13)16-7-9-21(10-8-16)12-15-6-4-3-5-14(15)11-18/h3-6,16H,7-10,12H2,1-2H3. The van der Waals surface area contributed by atoms with Crippen LogP contribution in [0.15, 0.2) is 29.1 Å². The summed E-state index contributed by atoms with van der Waals surface area (Å²) in [5, 5.41) is 13.4. The SMILES string of the molecule is Cc1nn(C)c(=O)n1C1CCN(Cc2ccccc2C#N)CC1. The third-order valence-corrected chi connectivity index (χ3v) is 4.58. The summed E-state index contributed by atoms with van der Waals surface area (Å²) in [4.78, 5) is 14.5. The number of hydrogen-bond donors (Lipinski definition) is 0. The molecule has 2 heterocycles. The summed E-state index contributed by atoms with van der Waals surface area (Å²) in [6.07, 6.45) is 1.86. The minimum Gasteiger partial charge on any atom is -0.299 e. The first-order chi connectivity index (χ1) is 11.1. The summed E-state index contributed by atoms with van der Waals surface area (Å²) >= 11 is 0. The van der Waals surface area contributed by atoms with Gasteiger partial charge >= 0.3 is 5.69 Å². The Bertz CT molecular complexity index is 790. The molecular formula is C17H21N5O. The smallest absolute Gasteiger partial charge is 0.299 e. The number of aryl methyl sites for hydroxylation is 2. The fourth-order valence-corrected chi connectivity index (χ4v) is 3.37. The molecule has 2 aromatic rings. The molecule has 0 amide bonds. The minimum atomic E-state index is -0.0317. The number of nitrogens with zero attached hydrogens (tertiary/aromatic N) is 5. The Morgan fingerprint density at radius 3 is 2.61 bits per heavy atom. The van der Waals surface area contributed by atoms with Crippen LogP contribution in [0, 0.1) is 18.3 Å². The molecule has 0 aliphatic carbocycles. The van der Waals surface area contributed by atoms with Crippen LogP contribution in [0.1, 0.15) is 35.8 Å². The lowest BCUT2D eigenvalue weighted by molar-refractivity contribution is 0.176. The molecule has 0 bridgehead atoms. The topological polar surface area (TPSA) is 66.8 Å². The van der Waals surface area contributed by atoms with Gasteiger partial charge in [0.1, 0.15) is 5.82 Å². The second-order valence-electron chi connectivity index (χ2n) is 6.10. The molecule has 6 heteroatoms. The maximum atomic E-state index is 12.2. The molecule has 1 aromatic heterocycles. The molecule has 0 atom stereocenters. The Morgan fingerprint density at radius 2 is 2.00 bits per heavy atom. The van der Waals surface area contributed by atoms with Gasteiger partial charge in [0.05, 0.1) is 11.6 Å². The van der Waals surface area contributed by atoms with Crippen molar-refractivity contribution in [2.75, 3.05) is 13.1 Å². The van der Waals surface area contributed by atoms with Crippen molar-refractivity contribution in [2.45, 2.75) is 32.4 Å². The molecule has 1 saturated heterocycles. The summed E-state index contributed by atoms with van der Waals surface area (Å²) in [5.41, 5.74) is 1.79. The largest absolute Gasteiger partial charge is 0.345 e. The van der Waals surface area contributed by atoms with Crippen molar-refractivity contribution in [2.24, 2.45) is 7.05 Å². The summed E-state index contributed by atoms with van der Waals surface area (Å²) < 4.78 is 3.23. The lowest BCUT2D eigenvalue weighted by Crippen LogP contribution is -2.37. The van der Waals surface area contributed by atoms with Gasteiger partial charge in [-0.2, -0.15) is 10.4 Å². The van der Waals surface area contributed by atoms with Gasteiger partial charge < -0.3 is 0 Å². The molecule has 23 heavy (non-hydrogen) atoms. The van der Waals surface area contributed by atoms with Crippen molar-refractivity contribution in [3.05, 3.63) is 51.7 Å². The van der Waals surface area contributed by atoms with E-state index in [1.54, 1.807) is 7.05 Å². The fourth-order valence-electron chi connectivity index (χ4n) is 3.37. The summed E-state index contributed by atoms with van der Waals surface area (Å²) in [7, 11) is 1.69. The predicted molar refractivity (Wildman–Crippen MR) is 86.9 cm³/mol. The molecule has 0 spiro atoms. The highest BCUT2D eigenvalue weighted by Crippen LogP contribution is 2.23. The monoisotopic (exact) mass is 311 g/mol. The first-order valence-electron chi connectivity index (χ1n) is 7.92. The Morgan fingerprint density at radius 1 is 1.30 bits per heavy atom.